The van der Waals surface area contributed by atoms with E-state index in [1.807, 2.05) is 0 Å². The molecule has 0 radical (unpaired) electrons. The number of carboxylic acids is 1. The monoisotopic (exact) mass is 278 g/mol. The van der Waals surface area contributed by atoms with Crippen molar-refractivity contribution in [2.75, 3.05) is 12.4 Å². The molecule has 0 unspecified atom stereocenters. The van der Waals surface area contributed by atoms with E-state index in [-0.39, 0.29) is 25.2 Å². The number of rotatable bonds is 8. The molecule has 2 atom stereocenters. The minimum atomic E-state index is -1.24. The summed E-state index contributed by atoms with van der Waals surface area (Å²) in [4.78, 5) is 33.2. The molecule has 0 aliphatic rings. The highest BCUT2D eigenvalue weighted by atomic mass is 32.1. The summed E-state index contributed by atoms with van der Waals surface area (Å²) >= 11 is 3.94. The normalized spacial score (nSPS) is 13.5. The van der Waals surface area contributed by atoms with Crippen LogP contribution >= 0.6 is 12.6 Å². The van der Waals surface area contributed by atoms with Crippen LogP contribution in [-0.4, -0.2) is 42.3 Å². The first-order valence-corrected chi connectivity index (χ1v) is 6.16. The fourth-order valence-electron chi connectivity index (χ4n) is 1.13. The number of carbonyl (C=O) groups is 3. The van der Waals surface area contributed by atoms with Crippen LogP contribution in [0, 0.1) is 0 Å². The lowest BCUT2D eigenvalue weighted by atomic mass is 10.1. The van der Waals surface area contributed by atoms with Gasteiger partial charge in [-0.15, -0.1) is 0 Å². The zero-order valence-electron chi connectivity index (χ0n) is 10.2. The maximum Gasteiger partial charge on any atom is 0.329 e. The highest BCUT2D eigenvalue weighted by Crippen LogP contribution is 1.96. The number of hydrogen-bond acceptors (Lipinski definition) is 6. The summed E-state index contributed by atoms with van der Waals surface area (Å²) in [7, 11) is 0. The first-order chi connectivity index (χ1) is 8.42. The molecule has 0 bridgehead atoms. The lowest BCUT2D eigenvalue weighted by Crippen LogP contribution is -2.68. The Morgan fingerprint density at radius 1 is 1.44 bits per heavy atom. The quantitative estimate of drug-likeness (QED) is 0.325. The van der Waals surface area contributed by atoms with Gasteiger partial charge in [-0.3, -0.25) is 4.79 Å². The van der Waals surface area contributed by atoms with Crippen LogP contribution in [0.3, 0.4) is 0 Å². The molecule has 0 saturated carbocycles. The van der Waals surface area contributed by atoms with Crippen molar-refractivity contribution in [2.45, 2.75) is 31.8 Å². The zero-order chi connectivity index (χ0) is 14.1. The Morgan fingerprint density at radius 2 is 2.06 bits per heavy atom. The number of aliphatic carboxylic acids is 1. The van der Waals surface area contributed by atoms with E-state index < -0.39 is 29.9 Å². The van der Waals surface area contributed by atoms with E-state index in [9.17, 15) is 19.5 Å². The largest absolute Gasteiger partial charge is 0.550 e. The summed E-state index contributed by atoms with van der Waals surface area (Å²) in [5.41, 5.74) is 3.52. The Hall–Kier alpha value is -1.28. The standard InChI is InChI=1S/C10H18N2O5S/c1-2-17-10(16)7(5-18)12-9(15)6(11)3-4-8(13)14/h6-7,18H,2-5,11H2,1H3,(H,12,15)(H,13,14)/t6-,7-/m0/s1. The third-order valence-corrected chi connectivity index (χ3v) is 2.50. The van der Waals surface area contributed by atoms with Crippen molar-refractivity contribution in [1.82, 2.24) is 5.32 Å². The summed E-state index contributed by atoms with van der Waals surface area (Å²) in [6, 6.07) is -1.62. The Labute approximate surface area is 110 Å². The Kier molecular flexibility index (Phi) is 8.14. The second kappa shape index (κ2) is 8.76. The molecule has 4 N–H and O–H groups in total. The van der Waals surface area contributed by atoms with Gasteiger partial charge in [0.1, 0.15) is 6.04 Å². The van der Waals surface area contributed by atoms with Gasteiger partial charge < -0.3 is 25.7 Å². The molecule has 0 rings (SSSR count). The number of hydrogen-bond donors (Lipinski definition) is 3. The fraction of sp³-hybridized carbons (Fsp3) is 0.700. The molecule has 0 saturated heterocycles. The van der Waals surface area contributed by atoms with Crippen LogP contribution in [0.25, 0.3) is 0 Å². The Bertz CT molecular complexity index is 311. The van der Waals surface area contributed by atoms with Crippen molar-refractivity contribution < 1.29 is 30.0 Å². The van der Waals surface area contributed by atoms with E-state index in [2.05, 4.69) is 23.7 Å². The second-order valence-corrected chi connectivity index (χ2v) is 3.97. The number of thiol groups is 1. The minimum Gasteiger partial charge on any atom is -0.550 e. The number of nitrogens with one attached hydrogen (secondary N) is 1. The van der Waals surface area contributed by atoms with E-state index >= 15 is 0 Å². The molecule has 0 aliphatic carbocycles. The predicted octanol–water partition coefficient (Wildman–Crippen LogP) is -2.90. The molecule has 1 amide bonds. The van der Waals surface area contributed by atoms with Crippen LogP contribution in [0.15, 0.2) is 0 Å². The molecule has 104 valence electrons. The van der Waals surface area contributed by atoms with Gasteiger partial charge in [0.05, 0.1) is 6.61 Å². The molecule has 8 heteroatoms. The van der Waals surface area contributed by atoms with Gasteiger partial charge in [0.25, 0.3) is 5.91 Å². The van der Waals surface area contributed by atoms with Crippen LogP contribution in [0.1, 0.15) is 19.8 Å². The van der Waals surface area contributed by atoms with Crippen molar-refractivity contribution >= 4 is 30.5 Å². The number of quaternary nitrogens is 1. The number of esters is 1. The van der Waals surface area contributed by atoms with Crippen LogP contribution in [0.5, 0.6) is 0 Å². The molecular formula is C10H18N2O5S. The van der Waals surface area contributed by atoms with E-state index in [0.717, 1.165) is 0 Å². The highest BCUT2D eigenvalue weighted by molar-refractivity contribution is 7.80. The molecule has 0 heterocycles. The van der Waals surface area contributed by atoms with Crippen molar-refractivity contribution in [1.29, 1.82) is 0 Å². The van der Waals surface area contributed by atoms with Crippen molar-refractivity contribution in [2.24, 2.45) is 0 Å². The lowest BCUT2D eigenvalue weighted by Gasteiger charge is -2.16. The van der Waals surface area contributed by atoms with Gasteiger partial charge in [-0.05, 0) is 13.3 Å². The molecule has 0 aromatic carbocycles. The van der Waals surface area contributed by atoms with Gasteiger partial charge in [-0.2, -0.15) is 12.6 Å². The molecule has 18 heavy (non-hydrogen) atoms. The van der Waals surface area contributed by atoms with Gasteiger partial charge >= 0.3 is 5.97 Å². The van der Waals surface area contributed by atoms with Crippen LogP contribution in [0.4, 0.5) is 0 Å². The first-order valence-electron chi connectivity index (χ1n) is 5.53. The van der Waals surface area contributed by atoms with Gasteiger partial charge in [0, 0.05) is 18.1 Å². The Balaban J connectivity index is 4.25. The molecular weight excluding hydrogens is 260 g/mol. The summed E-state index contributed by atoms with van der Waals surface area (Å²) in [6.45, 7) is 1.86. The average Bonchev–Trinajstić information content (AvgIpc) is 2.32. The number of carboxylic acid groups (broad SMARTS) is 1. The van der Waals surface area contributed by atoms with Crippen LogP contribution in [-0.2, 0) is 19.1 Å². The maximum absolute atomic E-state index is 11.6. The lowest BCUT2D eigenvalue weighted by molar-refractivity contribution is -0.406. The molecule has 0 fully saturated rings. The van der Waals surface area contributed by atoms with E-state index in [1.165, 1.54) is 0 Å². The average molecular weight is 278 g/mol. The van der Waals surface area contributed by atoms with Gasteiger partial charge in [0.15, 0.2) is 6.04 Å². The molecule has 0 spiro atoms. The fourth-order valence-corrected chi connectivity index (χ4v) is 1.38. The zero-order valence-corrected chi connectivity index (χ0v) is 11.1. The Morgan fingerprint density at radius 3 is 2.50 bits per heavy atom. The van der Waals surface area contributed by atoms with Crippen molar-refractivity contribution in [3.05, 3.63) is 0 Å². The predicted molar refractivity (Wildman–Crippen MR) is 63.3 cm³/mol. The highest BCUT2D eigenvalue weighted by Gasteiger charge is 2.25. The number of ether oxygens (including phenoxy) is 1. The number of carbonyl (C=O) groups excluding carboxylic acids is 3. The summed E-state index contributed by atoms with van der Waals surface area (Å²) in [5, 5.41) is 12.7. The van der Waals surface area contributed by atoms with Crippen LogP contribution in [0.2, 0.25) is 0 Å². The minimum absolute atomic E-state index is 0.0519. The maximum atomic E-state index is 11.6. The molecule has 0 aromatic rings. The SMILES string of the molecule is CCOC(=O)[C@H](CS)NC(=O)[C@@H]([NH3+])CCC(=O)[O-]. The van der Waals surface area contributed by atoms with Crippen molar-refractivity contribution in [3.63, 3.8) is 0 Å². The van der Waals surface area contributed by atoms with Gasteiger partial charge in [0.2, 0.25) is 0 Å². The van der Waals surface area contributed by atoms with E-state index in [0.29, 0.717) is 0 Å². The second-order valence-electron chi connectivity index (χ2n) is 3.60. The topological polar surface area (TPSA) is 123 Å². The summed E-state index contributed by atoms with van der Waals surface area (Å²) < 4.78 is 4.75. The third kappa shape index (κ3) is 6.45. The molecule has 0 aliphatic heterocycles. The molecule has 0 aromatic heterocycles. The van der Waals surface area contributed by atoms with Crippen LogP contribution < -0.4 is 16.2 Å². The van der Waals surface area contributed by atoms with E-state index in [1.54, 1.807) is 6.92 Å². The first kappa shape index (κ1) is 16.7. The van der Waals surface area contributed by atoms with E-state index in [4.69, 9.17) is 4.74 Å². The molecule has 7 nitrogen and oxygen atoms in total. The van der Waals surface area contributed by atoms with Crippen molar-refractivity contribution in [3.8, 4) is 0 Å². The smallest absolute Gasteiger partial charge is 0.329 e. The third-order valence-electron chi connectivity index (χ3n) is 2.14. The summed E-state index contributed by atoms with van der Waals surface area (Å²) in [5.74, 6) is -2.23. The van der Waals surface area contributed by atoms with Gasteiger partial charge in [-0.25, -0.2) is 4.79 Å². The number of amides is 1. The van der Waals surface area contributed by atoms with Gasteiger partial charge in [-0.1, -0.05) is 0 Å². The summed E-state index contributed by atoms with van der Waals surface area (Å²) in [6.07, 6.45) is -0.206.